The fourth-order valence-corrected chi connectivity index (χ4v) is 2.33. The smallest absolute Gasteiger partial charge is 0.467 e. The molecule has 0 aliphatic carbocycles. The fraction of sp³-hybridized carbons (Fsp3) is 0.769. The average Bonchev–Trinajstić information content (AvgIpc) is 2.90. The maximum Gasteiger partial charge on any atom is 0.471 e. The van der Waals surface area contributed by atoms with Gasteiger partial charge in [0.05, 0.1) is 7.11 Å². The van der Waals surface area contributed by atoms with E-state index in [9.17, 15) is 27.6 Å². The first-order chi connectivity index (χ1) is 10.1. The van der Waals surface area contributed by atoms with E-state index in [0.717, 1.165) is 0 Å². The fourth-order valence-electron chi connectivity index (χ4n) is 2.33. The van der Waals surface area contributed by atoms with Crippen LogP contribution in [0.5, 0.6) is 0 Å². The van der Waals surface area contributed by atoms with E-state index < -0.39 is 42.0 Å². The van der Waals surface area contributed by atoms with Gasteiger partial charge >= 0.3 is 18.1 Å². The molecule has 1 N–H and O–H groups in total. The van der Waals surface area contributed by atoms with Crippen molar-refractivity contribution in [1.29, 1.82) is 0 Å². The number of halogens is 3. The minimum absolute atomic E-state index is 0.240. The molecule has 22 heavy (non-hydrogen) atoms. The van der Waals surface area contributed by atoms with Crippen molar-refractivity contribution in [1.82, 2.24) is 10.2 Å². The molecule has 1 rings (SSSR count). The molecule has 0 saturated carbocycles. The molecular weight excluding hydrogens is 305 g/mol. The van der Waals surface area contributed by atoms with Crippen LogP contribution in [-0.4, -0.2) is 54.6 Å². The number of rotatable bonds is 4. The lowest BCUT2D eigenvalue weighted by atomic mass is 10.0. The summed E-state index contributed by atoms with van der Waals surface area (Å²) in [6, 6.07) is -2.17. The Labute approximate surface area is 126 Å². The van der Waals surface area contributed by atoms with Crippen molar-refractivity contribution in [2.75, 3.05) is 13.7 Å². The van der Waals surface area contributed by atoms with E-state index in [2.05, 4.69) is 4.74 Å². The van der Waals surface area contributed by atoms with Gasteiger partial charge in [-0.05, 0) is 18.8 Å². The first kappa shape index (κ1) is 18.2. The van der Waals surface area contributed by atoms with Crippen LogP contribution < -0.4 is 5.32 Å². The van der Waals surface area contributed by atoms with Crippen LogP contribution in [0.15, 0.2) is 0 Å². The van der Waals surface area contributed by atoms with Gasteiger partial charge in [-0.15, -0.1) is 0 Å². The molecule has 0 aromatic carbocycles. The van der Waals surface area contributed by atoms with Crippen molar-refractivity contribution in [2.24, 2.45) is 5.92 Å². The molecule has 0 unspecified atom stereocenters. The third-order valence-electron chi connectivity index (χ3n) is 3.49. The molecule has 1 saturated heterocycles. The van der Waals surface area contributed by atoms with Crippen LogP contribution in [0.3, 0.4) is 0 Å². The van der Waals surface area contributed by atoms with Crippen molar-refractivity contribution in [2.45, 2.75) is 44.9 Å². The zero-order valence-electron chi connectivity index (χ0n) is 12.6. The third-order valence-corrected chi connectivity index (χ3v) is 3.49. The van der Waals surface area contributed by atoms with E-state index >= 15 is 0 Å². The topological polar surface area (TPSA) is 75.7 Å². The highest BCUT2D eigenvalue weighted by Crippen LogP contribution is 2.22. The van der Waals surface area contributed by atoms with Crippen LogP contribution in [0.2, 0.25) is 0 Å². The summed E-state index contributed by atoms with van der Waals surface area (Å²) in [6.07, 6.45) is -4.14. The monoisotopic (exact) mass is 324 g/mol. The number of esters is 1. The molecule has 0 aromatic rings. The normalized spacial score (nSPS) is 20.0. The summed E-state index contributed by atoms with van der Waals surface area (Å²) in [5.74, 6) is -4.05. The minimum atomic E-state index is -5.07. The van der Waals surface area contributed by atoms with Crippen LogP contribution in [0.4, 0.5) is 13.2 Å². The maximum atomic E-state index is 12.4. The van der Waals surface area contributed by atoms with E-state index in [1.54, 1.807) is 5.32 Å². The lowest BCUT2D eigenvalue weighted by Crippen LogP contribution is -2.56. The Morgan fingerprint density at radius 3 is 2.32 bits per heavy atom. The van der Waals surface area contributed by atoms with Gasteiger partial charge in [0.15, 0.2) is 0 Å². The first-order valence-corrected chi connectivity index (χ1v) is 6.85. The van der Waals surface area contributed by atoms with Crippen molar-refractivity contribution >= 4 is 17.8 Å². The number of nitrogens with one attached hydrogen (secondary N) is 1. The van der Waals surface area contributed by atoms with Gasteiger partial charge in [-0.25, -0.2) is 4.79 Å². The molecule has 6 nitrogen and oxygen atoms in total. The zero-order valence-corrected chi connectivity index (χ0v) is 12.6. The second-order valence-corrected chi connectivity index (χ2v) is 5.41. The summed E-state index contributed by atoms with van der Waals surface area (Å²) >= 11 is 0. The lowest BCUT2D eigenvalue weighted by molar-refractivity contribution is -0.175. The van der Waals surface area contributed by atoms with Gasteiger partial charge in [-0.1, -0.05) is 13.8 Å². The average molecular weight is 324 g/mol. The Kier molecular flexibility index (Phi) is 5.78. The lowest BCUT2D eigenvalue weighted by Gasteiger charge is -2.30. The summed E-state index contributed by atoms with van der Waals surface area (Å²) < 4.78 is 41.7. The van der Waals surface area contributed by atoms with Gasteiger partial charge in [0.2, 0.25) is 5.91 Å². The molecule has 1 fully saturated rings. The molecule has 0 spiro atoms. The van der Waals surface area contributed by atoms with Gasteiger partial charge in [0, 0.05) is 6.54 Å². The summed E-state index contributed by atoms with van der Waals surface area (Å²) in [5, 5.41) is 1.70. The van der Waals surface area contributed by atoms with Crippen LogP contribution in [-0.2, 0) is 19.1 Å². The van der Waals surface area contributed by atoms with Gasteiger partial charge in [0.25, 0.3) is 0 Å². The number of nitrogens with zero attached hydrogens (tertiary/aromatic N) is 1. The van der Waals surface area contributed by atoms with Gasteiger partial charge in [-0.2, -0.15) is 13.2 Å². The molecule has 0 radical (unpaired) electrons. The van der Waals surface area contributed by atoms with Crippen LogP contribution in [0.25, 0.3) is 0 Å². The predicted molar refractivity (Wildman–Crippen MR) is 69.6 cm³/mol. The highest BCUT2D eigenvalue weighted by molar-refractivity contribution is 5.92. The van der Waals surface area contributed by atoms with Crippen molar-refractivity contribution < 1.29 is 32.3 Å². The molecule has 0 bridgehead atoms. The van der Waals surface area contributed by atoms with Gasteiger partial charge < -0.3 is 15.0 Å². The molecule has 1 aliphatic rings. The number of hydrogen-bond acceptors (Lipinski definition) is 4. The molecule has 2 atom stereocenters. The number of ether oxygens (including phenoxy) is 1. The highest BCUT2D eigenvalue weighted by atomic mass is 19.4. The van der Waals surface area contributed by atoms with E-state index in [1.807, 2.05) is 0 Å². The van der Waals surface area contributed by atoms with Crippen molar-refractivity contribution in [3.63, 3.8) is 0 Å². The van der Waals surface area contributed by atoms with Gasteiger partial charge in [-0.3, -0.25) is 9.59 Å². The zero-order chi connectivity index (χ0) is 17.1. The van der Waals surface area contributed by atoms with E-state index in [4.69, 9.17) is 0 Å². The number of methoxy groups -OCH3 is 1. The molecule has 126 valence electrons. The Bertz CT molecular complexity index is 451. The largest absolute Gasteiger partial charge is 0.471 e. The minimum Gasteiger partial charge on any atom is -0.467 e. The van der Waals surface area contributed by atoms with E-state index in [-0.39, 0.29) is 6.54 Å². The number of alkyl halides is 3. The van der Waals surface area contributed by atoms with Crippen molar-refractivity contribution in [3.05, 3.63) is 0 Å². The van der Waals surface area contributed by atoms with Crippen molar-refractivity contribution in [3.8, 4) is 0 Å². The number of amides is 2. The second-order valence-electron chi connectivity index (χ2n) is 5.41. The second kappa shape index (κ2) is 6.97. The standard InChI is InChI=1S/C13H19F3N2O4/c1-7(2)9(17-12(21)13(14,15)16)10(19)18-6-4-5-8(18)11(20)22-3/h7-9H,4-6H2,1-3H3,(H,17,21)/t8-,9-/m0/s1. The molecule has 0 aromatic heterocycles. The number of carbonyl (C=O) groups excluding carboxylic acids is 3. The first-order valence-electron chi connectivity index (χ1n) is 6.85. The Balaban J connectivity index is 2.89. The molecule has 1 heterocycles. The summed E-state index contributed by atoms with van der Waals surface area (Å²) in [7, 11) is 1.18. The van der Waals surface area contributed by atoms with Crippen LogP contribution in [0, 0.1) is 5.92 Å². The molecule has 1 aliphatic heterocycles. The summed E-state index contributed by atoms with van der Waals surface area (Å²) in [4.78, 5) is 36.3. The van der Waals surface area contributed by atoms with Gasteiger partial charge in [0.1, 0.15) is 12.1 Å². The van der Waals surface area contributed by atoms with E-state index in [1.165, 1.54) is 25.9 Å². The maximum absolute atomic E-state index is 12.4. The highest BCUT2D eigenvalue weighted by Gasteiger charge is 2.44. The molecular formula is C13H19F3N2O4. The Morgan fingerprint density at radius 2 is 1.86 bits per heavy atom. The molecule has 9 heteroatoms. The Hall–Kier alpha value is -1.80. The quantitative estimate of drug-likeness (QED) is 0.778. The van der Waals surface area contributed by atoms with Crippen LogP contribution in [0.1, 0.15) is 26.7 Å². The number of hydrogen-bond donors (Lipinski definition) is 1. The van der Waals surface area contributed by atoms with E-state index in [0.29, 0.717) is 12.8 Å². The third kappa shape index (κ3) is 4.11. The number of carbonyl (C=O) groups is 3. The SMILES string of the molecule is COC(=O)[C@@H]1CCCN1C(=O)[C@@H](NC(=O)C(F)(F)F)C(C)C. The van der Waals surface area contributed by atoms with Crippen LogP contribution >= 0.6 is 0 Å². The number of likely N-dealkylation sites (tertiary alicyclic amines) is 1. The molecule has 2 amide bonds. The summed E-state index contributed by atoms with van der Waals surface area (Å²) in [6.45, 7) is 3.27. The predicted octanol–water partition coefficient (Wildman–Crippen LogP) is 0.853. The Morgan fingerprint density at radius 1 is 1.27 bits per heavy atom. The summed E-state index contributed by atoms with van der Waals surface area (Å²) in [5.41, 5.74) is 0.